The summed E-state index contributed by atoms with van der Waals surface area (Å²) >= 11 is 0. The molecule has 0 radical (unpaired) electrons. The van der Waals surface area contributed by atoms with Crippen molar-refractivity contribution in [1.29, 1.82) is 0 Å². The number of rotatable bonds is 6. The summed E-state index contributed by atoms with van der Waals surface area (Å²) in [6.45, 7) is 7.32. The molecule has 1 aliphatic rings. The molecule has 0 aliphatic carbocycles. The van der Waals surface area contributed by atoms with Gasteiger partial charge in [-0.25, -0.2) is 8.42 Å². The molecule has 1 aromatic rings. The minimum Gasteiger partial charge on any atom is -0.317 e. The summed E-state index contributed by atoms with van der Waals surface area (Å²) in [4.78, 5) is 10.6. The molecule has 0 spiro atoms. The van der Waals surface area contributed by atoms with E-state index in [4.69, 9.17) is 0 Å². The fourth-order valence-electron chi connectivity index (χ4n) is 3.06. The molecule has 1 aromatic carbocycles. The summed E-state index contributed by atoms with van der Waals surface area (Å²) in [7, 11) is -3.91. The van der Waals surface area contributed by atoms with Gasteiger partial charge in [0, 0.05) is 18.7 Å². The lowest BCUT2D eigenvalue weighted by molar-refractivity contribution is -0.387. The topological polar surface area (TPSA) is 92.6 Å². The van der Waals surface area contributed by atoms with Crippen LogP contribution in [0.25, 0.3) is 0 Å². The molecular weight excluding hydrogens is 366 g/mol. The highest BCUT2D eigenvalue weighted by Crippen LogP contribution is 2.32. The lowest BCUT2D eigenvalue weighted by Crippen LogP contribution is -2.46. The van der Waals surface area contributed by atoms with Gasteiger partial charge in [-0.1, -0.05) is 6.92 Å². The maximum atomic E-state index is 13.2. The normalized spacial score (nSPS) is 15.8. The Bertz CT molecular complexity index is 718. The third kappa shape index (κ3) is 4.69. The number of nitro groups is 1. The third-order valence-electron chi connectivity index (χ3n) is 4.52. The summed E-state index contributed by atoms with van der Waals surface area (Å²) in [5, 5.41) is 14.6. The van der Waals surface area contributed by atoms with Gasteiger partial charge in [0.2, 0.25) is 10.0 Å². The smallest absolute Gasteiger partial charge is 0.289 e. The van der Waals surface area contributed by atoms with Crippen molar-refractivity contribution in [2.75, 3.05) is 19.6 Å². The molecule has 0 saturated carbocycles. The van der Waals surface area contributed by atoms with Crippen molar-refractivity contribution in [1.82, 2.24) is 9.62 Å². The average molecular weight is 392 g/mol. The highest BCUT2D eigenvalue weighted by Gasteiger charge is 2.36. The van der Waals surface area contributed by atoms with Crippen LogP contribution in [0, 0.1) is 24.0 Å². The first-order valence-electron chi connectivity index (χ1n) is 8.27. The molecule has 9 heteroatoms. The molecule has 0 aromatic heterocycles. The van der Waals surface area contributed by atoms with Gasteiger partial charge in [0.25, 0.3) is 5.69 Å². The first kappa shape index (κ1) is 21.8. The van der Waals surface area contributed by atoms with Crippen LogP contribution in [0.2, 0.25) is 0 Å². The van der Waals surface area contributed by atoms with Crippen molar-refractivity contribution in [2.24, 2.45) is 0 Å². The number of piperidine rings is 1. The molecule has 1 fully saturated rings. The van der Waals surface area contributed by atoms with Gasteiger partial charge in [-0.2, -0.15) is 4.31 Å². The zero-order valence-corrected chi connectivity index (χ0v) is 16.5. The second-order valence-electron chi connectivity index (χ2n) is 6.26. The van der Waals surface area contributed by atoms with Gasteiger partial charge in [0.15, 0.2) is 4.90 Å². The van der Waals surface area contributed by atoms with Gasteiger partial charge < -0.3 is 5.32 Å². The molecule has 0 bridgehead atoms. The molecule has 7 nitrogen and oxygen atoms in total. The largest absolute Gasteiger partial charge is 0.317 e. The van der Waals surface area contributed by atoms with Crippen LogP contribution in [0.5, 0.6) is 0 Å². The second-order valence-corrected chi connectivity index (χ2v) is 8.12. The van der Waals surface area contributed by atoms with Crippen molar-refractivity contribution in [3.8, 4) is 0 Å². The van der Waals surface area contributed by atoms with Crippen molar-refractivity contribution in [3.63, 3.8) is 0 Å². The van der Waals surface area contributed by atoms with Gasteiger partial charge >= 0.3 is 0 Å². The lowest BCUT2D eigenvalue weighted by Gasteiger charge is -2.33. The summed E-state index contributed by atoms with van der Waals surface area (Å²) < 4.78 is 27.9. The van der Waals surface area contributed by atoms with E-state index in [1.807, 2.05) is 6.92 Å². The number of hydrogen-bond donors (Lipinski definition) is 1. The molecule has 25 heavy (non-hydrogen) atoms. The predicted octanol–water partition coefficient (Wildman–Crippen LogP) is 2.79. The Kier molecular flexibility index (Phi) is 7.80. The second kappa shape index (κ2) is 8.93. The van der Waals surface area contributed by atoms with Crippen molar-refractivity contribution >= 4 is 28.1 Å². The number of aryl methyl sites for hydroxylation is 2. The minimum absolute atomic E-state index is 0. The standard InChI is InChI=1S/C16H25N3O4S.ClH/c1-4-9-18(14-5-7-17-8-6-14)24(22,23)16-11-13(3)12(2)10-15(16)19(20)21;/h10-11,14,17H,4-9H2,1-3H3;1H. The van der Waals surface area contributed by atoms with Gasteiger partial charge in [-0.05, 0) is 63.4 Å². The predicted molar refractivity (Wildman–Crippen MR) is 99.9 cm³/mol. The van der Waals surface area contributed by atoms with Gasteiger partial charge in [-0.3, -0.25) is 10.1 Å². The maximum Gasteiger partial charge on any atom is 0.289 e. The van der Waals surface area contributed by atoms with E-state index < -0.39 is 14.9 Å². The maximum absolute atomic E-state index is 13.2. The summed E-state index contributed by atoms with van der Waals surface area (Å²) in [6.07, 6.45) is 2.11. The van der Waals surface area contributed by atoms with Crippen LogP contribution >= 0.6 is 12.4 Å². The van der Waals surface area contributed by atoms with E-state index in [1.54, 1.807) is 13.8 Å². The average Bonchev–Trinajstić information content (AvgIpc) is 2.55. The molecular formula is C16H26ClN3O4S. The van der Waals surface area contributed by atoms with Crippen molar-refractivity contribution < 1.29 is 13.3 Å². The van der Waals surface area contributed by atoms with Crippen molar-refractivity contribution in [3.05, 3.63) is 33.4 Å². The summed E-state index contributed by atoms with van der Waals surface area (Å²) in [5.41, 5.74) is 1.11. The Balaban J connectivity index is 0.00000312. The highest BCUT2D eigenvalue weighted by atomic mass is 35.5. The van der Waals surface area contributed by atoms with Gasteiger partial charge in [-0.15, -0.1) is 12.4 Å². The van der Waals surface area contributed by atoms with Crippen LogP contribution in [0.1, 0.15) is 37.3 Å². The number of hydrogen-bond acceptors (Lipinski definition) is 5. The van der Waals surface area contributed by atoms with E-state index in [-0.39, 0.29) is 29.0 Å². The van der Waals surface area contributed by atoms with E-state index in [1.165, 1.54) is 16.4 Å². The van der Waals surface area contributed by atoms with Crippen LogP contribution in [-0.4, -0.2) is 43.3 Å². The quantitative estimate of drug-likeness (QED) is 0.594. The number of nitrogens with one attached hydrogen (secondary N) is 1. The van der Waals surface area contributed by atoms with Crippen LogP contribution in [0.3, 0.4) is 0 Å². The molecule has 142 valence electrons. The van der Waals surface area contributed by atoms with Crippen LogP contribution in [-0.2, 0) is 10.0 Å². The van der Waals surface area contributed by atoms with E-state index in [9.17, 15) is 18.5 Å². The van der Waals surface area contributed by atoms with Crippen molar-refractivity contribution in [2.45, 2.75) is 51.0 Å². The lowest BCUT2D eigenvalue weighted by atomic mass is 10.1. The molecule has 1 saturated heterocycles. The SMILES string of the molecule is CCCN(C1CCNCC1)S(=O)(=O)c1cc(C)c(C)cc1[N+](=O)[O-].Cl. The first-order chi connectivity index (χ1) is 11.3. The van der Waals surface area contributed by atoms with E-state index in [0.29, 0.717) is 18.5 Å². The zero-order valence-electron chi connectivity index (χ0n) is 14.8. The molecule has 1 N–H and O–H groups in total. The monoisotopic (exact) mass is 391 g/mol. The van der Waals surface area contributed by atoms with Gasteiger partial charge in [0.05, 0.1) is 4.92 Å². The molecule has 2 rings (SSSR count). The van der Waals surface area contributed by atoms with Crippen LogP contribution in [0.15, 0.2) is 17.0 Å². The first-order valence-corrected chi connectivity index (χ1v) is 9.71. The number of sulfonamides is 1. The minimum atomic E-state index is -3.91. The number of benzene rings is 1. The van der Waals surface area contributed by atoms with Gasteiger partial charge in [0.1, 0.15) is 0 Å². The zero-order chi connectivity index (χ0) is 17.9. The fourth-order valence-corrected chi connectivity index (χ4v) is 5.07. The third-order valence-corrected chi connectivity index (χ3v) is 6.50. The number of nitrogens with zero attached hydrogens (tertiary/aromatic N) is 2. The number of halogens is 1. The molecule has 1 aliphatic heterocycles. The molecule has 0 atom stereocenters. The molecule has 1 heterocycles. The fraction of sp³-hybridized carbons (Fsp3) is 0.625. The summed E-state index contributed by atoms with van der Waals surface area (Å²) in [6, 6.07) is 2.68. The Morgan fingerprint density at radius 1 is 1.24 bits per heavy atom. The van der Waals surface area contributed by atoms with E-state index in [2.05, 4.69) is 5.32 Å². The summed E-state index contributed by atoms with van der Waals surface area (Å²) in [5.74, 6) is 0. The van der Waals surface area contributed by atoms with Crippen LogP contribution in [0.4, 0.5) is 5.69 Å². The Morgan fingerprint density at radius 2 is 1.80 bits per heavy atom. The molecule has 0 amide bonds. The van der Waals surface area contributed by atoms with E-state index in [0.717, 1.165) is 31.5 Å². The van der Waals surface area contributed by atoms with Crippen LogP contribution < -0.4 is 5.32 Å². The Morgan fingerprint density at radius 3 is 2.32 bits per heavy atom. The molecule has 0 unspecified atom stereocenters. The number of nitro benzene ring substituents is 1. The van der Waals surface area contributed by atoms with E-state index >= 15 is 0 Å². The highest BCUT2D eigenvalue weighted by molar-refractivity contribution is 7.89. The Labute approximate surface area is 155 Å². The Hall–Kier alpha value is -1.22.